The number of rotatable bonds is 1. The van der Waals surface area contributed by atoms with Crippen LogP contribution in [0, 0.1) is 0 Å². The van der Waals surface area contributed by atoms with Crippen LogP contribution in [-0.4, -0.2) is 14.6 Å². The van der Waals surface area contributed by atoms with E-state index in [0.29, 0.717) is 0 Å². The van der Waals surface area contributed by atoms with Crippen molar-refractivity contribution in [3.05, 3.63) is 28.6 Å². The molecule has 72 valence electrons. The maximum absolute atomic E-state index is 4.26. The molecule has 0 N–H and O–H groups in total. The van der Waals surface area contributed by atoms with Crippen LogP contribution < -0.4 is 0 Å². The summed E-state index contributed by atoms with van der Waals surface area (Å²) in [7, 11) is 0. The molecule has 3 rings (SSSR count). The molecule has 0 unspecified atom stereocenters. The molecular weight excluding hydrogens is 242 g/mol. The lowest BCUT2D eigenvalue weighted by Gasteiger charge is -2.05. The van der Waals surface area contributed by atoms with Crippen molar-refractivity contribution in [1.82, 2.24) is 14.6 Å². The van der Waals surface area contributed by atoms with Crippen LogP contribution in [0.5, 0.6) is 0 Å². The molecule has 0 saturated heterocycles. The second-order valence-corrected chi connectivity index (χ2v) is 5.08. The van der Waals surface area contributed by atoms with Crippen molar-refractivity contribution in [3.63, 3.8) is 0 Å². The van der Waals surface area contributed by atoms with Crippen molar-refractivity contribution in [2.75, 3.05) is 0 Å². The summed E-state index contributed by atoms with van der Waals surface area (Å²) in [6, 6.07) is 3.97. The quantitative estimate of drug-likeness (QED) is 0.780. The Morgan fingerprint density at radius 2 is 2.14 bits per heavy atom. The Hall–Kier alpha value is -0.900. The third-order valence-corrected chi connectivity index (χ3v) is 3.38. The molecule has 0 aliphatic heterocycles. The van der Waals surface area contributed by atoms with Gasteiger partial charge in [-0.25, -0.2) is 0 Å². The van der Waals surface area contributed by atoms with Gasteiger partial charge in [0.05, 0.1) is 0 Å². The Bertz CT molecular complexity index is 499. The van der Waals surface area contributed by atoms with Crippen molar-refractivity contribution < 1.29 is 0 Å². The summed E-state index contributed by atoms with van der Waals surface area (Å²) in [6.07, 6.45) is 4.48. The fraction of sp³-hybridized carbons (Fsp3) is 0.400. The largest absolute Gasteiger partial charge is 0.285 e. The van der Waals surface area contributed by atoms with E-state index in [2.05, 4.69) is 37.5 Å². The van der Waals surface area contributed by atoms with E-state index in [4.69, 9.17) is 0 Å². The molecule has 3 nitrogen and oxygen atoms in total. The van der Waals surface area contributed by atoms with E-state index in [1.54, 1.807) is 0 Å². The summed E-state index contributed by atoms with van der Waals surface area (Å²) in [5.74, 6) is 1.09. The van der Waals surface area contributed by atoms with E-state index in [9.17, 15) is 0 Å². The molecule has 2 aromatic rings. The van der Waals surface area contributed by atoms with E-state index in [1.807, 2.05) is 18.3 Å². The molecular formula is C10H10BrN3. The number of fused-ring (bicyclic) bond motifs is 1. The zero-order chi connectivity index (χ0) is 9.76. The van der Waals surface area contributed by atoms with Gasteiger partial charge in [0.2, 0.25) is 0 Å². The minimum Gasteiger partial charge on any atom is -0.285 e. The molecule has 14 heavy (non-hydrogen) atoms. The Balaban J connectivity index is 2.29. The Morgan fingerprint density at radius 1 is 1.36 bits per heavy atom. The van der Waals surface area contributed by atoms with Crippen LogP contribution in [0.2, 0.25) is 0 Å². The summed E-state index contributed by atoms with van der Waals surface area (Å²) in [4.78, 5) is 0. The average molecular weight is 252 g/mol. The fourth-order valence-corrected chi connectivity index (χ4v) is 2.02. The van der Waals surface area contributed by atoms with Crippen molar-refractivity contribution in [3.8, 4) is 0 Å². The average Bonchev–Trinajstić information content (AvgIpc) is 2.77. The van der Waals surface area contributed by atoms with Gasteiger partial charge in [-0.05, 0) is 40.9 Å². The van der Waals surface area contributed by atoms with Gasteiger partial charge in [0.15, 0.2) is 5.65 Å². The highest BCUT2D eigenvalue weighted by Gasteiger charge is 2.43. The highest BCUT2D eigenvalue weighted by molar-refractivity contribution is 9.10. The van der Waals surface area contributed by atoms with Crippen LogP contribution in [0.4, 0.5) is 0 Å². The number of nitrogens with zero attached hydrogens (tertiary/aromatic N) is 3. The predicted octanol–water partition coefficient (Wildman–Crippen LogP) is 2.54. The fourth-order valence-electron chi connectivity index (χ4n) is 1.69. The third kappa shape index (κ3) is 1.10. The summed E-state index contributed by atoms with van der Waals surface area (Å²) in [6.45, 7) is 2.24. The van der Waals surface area contributed by atoms with E-state index in [0.717, 1.165) is 15.9 Å². The van der Waals surface area contributed by atoms with Gasteiger partial charge >= 0.3 is 0 Å². The van der Waals surface area contributed by atoms with Crippen molar-refractivity contribution in [1.29, 1.82) is 0 Å². The maximum atomic E-state index is 4.26. The molecule has 0 aromatic carbocycles. The van der Waals surface area contributed by atoms with Gasteiger partial charge in [0, 0.05) is 16.1 Å². The molecule has 0 amide bonds. The van der Waals surface area contributed by atoms with E-state index in [1.165, 1.54) is 12.8 Å². The van der Waals surface area contributed by atoms with Crippen LogP contribution in [0.1, 0.15) is 25.6 Å². The molecule has 0 bridgehead atoms. The lowest BCUT2D eigenvalue weighted by atomic mass is 10.1. The van der Waals surface area contributed by atoms with Gasteiger partial charge in [-0.3, -0.25) is 4.40 Å². The Morgan fingerprint density at radius 3 is 2.86 bits per heavy atom. The number of pyridine rings is 1. The van der Waals surface area contributed by atoms with Gasteiger partial charge in [-0.1, -0.05) is 6.92 Å². The molecule has 1 fully saturated rings. The lowest BCUT2D eigenvalue weighted by Crippen LogP contribution is -2.06. The molecule has 4 heteroatoms. The van der Waals surface area contributed by atoms with E-state index < -0.39 is 0 Å². The smallest absolute Gasteiger partial charge is 0.160 e. The topological polar surface area (TPSA) is 30.2 Å². The van der Waals surface area contributed by atoms with Gasteiger partial charge in [0.25, 0.3) is 0 Å². The van der Waals surface area contributed by atoms with E-state index in [-0.39, 0.29) is 5.41 Å². The molecule has 1 saturated carbocycles. The van der Waals surface area contributed by atoms with Crippen LogP contribution in [-0.2, 0) is 5.41 Å². The molecule has 2 heterocycles. The van der Waals surface area contributed by atoms with Crippen LogP contribution in [0.25, 0.3) is 5.65 Å². The van der Waals surface area contributed by atoms with Crippen molar-refractivity contribution >= 4 is 21.6 Å². The first kappa shape index (κ1) is 8.41. The van der Waals surface area contributed by atoms with Crippen LogP contribution in [0.15, 0.2) is 22.8 Å². The van der Waals surface area contributed by atoms with Gasteiger partial charge in [0.1, 0.15) is 5.82 Å². The first-order valence-electron chi connectivity index (χ1n) is 4.70. The number of hydrogen-bond donors (Lipinski definition) is 0. The Labute approximate surface area is 90.3 Å². The van der Waals surface area contributed by atoms with Gasteiger partial charge in [-0.2, -0.15) is 0 Å². The summed E-state index contributed by atoms with van der Waals surface area (Å²) >= 11 is 3.46. The summed E-state index contributed by atoms with van der Waals surface area (Å²) in [5, 5.41) is 8.42. The highest BCUT2D eigenvalue weighted by atomic mass is 79.9. The van der Waals surface area contributed by atoms with Gasteiger partial charge in [-0.15, -0.1) is 10.2 Å². The Kier molecular flexibility index (Phi) is 1.54. The molecule has 0 radical (unpaired) electrons. The molecule has 2 aromatic heterocycles. The second-order valence-electron chi connectivity index (χ2n) is 4.16. The lowest BCUT2D eigenvalue weighted by molar-refractivity contribution is 0.696. The third-order valence-electron chi connectivity index (χ3n) is 2.91. The van der Waals surface area contributed by atoms with Crippen molar-refractivity contribution in [2.24, 2.45) is 0 Å². The normalized spacial score (nSPS) is 18.7. The number of hydrogen-bond acceptors (Lipinski definition) is 2. The van der Waals surface area contributed by atoms with Crippen molar-refractivity contribution in [2.45, 2.75) is 25.2 Å². The minimum absolute atomic E-state index is 0.264. The first-order chi connectivity index (χ1) is 6.69. The zero-order valence-electron chi connectivity index (χ0n) is 7.87. The number of aromatic nitrogens is 3. The monoisotopic (exact) mass is 251 g/mol. The highest BCUT2D eigenvalue weighted by Crippen LogP contribution is 2.46. The zero-order valence-corrected chi connectivity index (χ0v) is 9.45. The predicted molar refractivity (Wildman–Crippen MR) is 57.3 cm³/mol. The first-order valence-corrected chi connectivity index (χ1v) is 5.49. The summed E-state index contributed by atoms with van der Waals surface area (Å²) in [5.41, 5.74) is 1.19. The molecule has 0 spiro atoms. The molecule has 1 aliphatic rings. The minimum atomic E-state index is 0.264. The summed E-state index contributed by atoms with van der Waals surface area (Å²) < 4.78 is 3.15. The second kappa shape index (κ2) is 2.57. The number of halogens is 1. The van der Waals surface area contributed by atoms with Gasteiger partial charge < -0.3 is 0 Å². The molecule has 0 atom stereocenters. The maximum Gasteiger partial charge on any atom is 0.160 e. The van der Waals surface area contributed by atoms with E-state index >= 15 is 0 Å². The van der Waals surface area contributed by atoms with Crippen LogP contribution >= 0.6 is 15.9 Å². The van der Waals surface area contributed by atoms with Crippen LogP contribution in [0.3, 0.4) is 0 Å². The standard InChI is InChI=1S/C10H10BrN3/c1-10(4-5-10)9-13-12-8-3-2-7(11)6-14(8)9/h2-3,6H,4-5H2,1H3. The molecule has 1 aliphatic carbocycles. The SMILES string of the molecule is CC1(c2nnc3ccc(Br)cn23)CC1.